The Morgan fingerprint density at radius 3 is 2.83 bits per heavy atom. The minimum Gasteiger partial charge on any atom is -0.458 e. The van der Waals surface area contributed by atoms with Crippen molar-refractivity contribution >= 4 is 22.7 Å². The molecule has 0 bridgehead atoms. The fraction of sp³-hybridized carbons (Fsp3) is 0.286. The van der Waals surface area contributed by atoms with Crippen LogP contribution in [0, 0.1) is 12.3 Å². The number of fused-ring (bicyclic) bond motifs is 5. The smallest absolute Gasteiger partial charge is 0.343 e. The van der Waals surface area contributed by atoms with Crippen LogP contribution in [0.3, 0.4) is 0 Å². The number of nitrogens with zero attached hydrogens (tertiary/aromatic N) is 3. The van der Waals surface area contributed by atoms with Gasteiger partial charge in [0.2, 0.25) is 0 Å². The Bertz CT molecular complexity index is 1360. The molecule has 9 nitrogen and oxygen atoms in total. The van der Waals surface area contributed by atoms with Crippen molar-refractivity contribution < 1.29 is 14.6 Å². The lowest BCUT2D eigenvalue weighted by Crippen LogP contribution is -2.44. The largest absolute Gasteiger partial charge is 0.458 e. The second-order valence-electron chi connectivity index (χ2n) is 7.67. The van der Waals surface area contributed by atoms with Crippen molar-refractivity contribution in [2.75, 3.05) is 0 Å². The Labute approximate surface area is 170 Å². The van der Waals surface area contributed by atoms with E-state index < -0.39 is 11.6 Å². The number of rotatable bonds is 2. The minimum atomic E-state index is -1.85. The number of nitrogen functional groups attached to an aromatic ring is 1. The lowest BCUT2D eigenvalue weighted by Gasteiger charge is -2.31. The fourth-order valence-corrected chi connectivity index (χ4v) is 4.33. The van der Waals surface area contributed by atoms with Crippen LogP contribution in [0.5, 0.6) is 0 Å². The molecule has 5 rings (SSSR count). The molecule has 0 radical (unpaired) electrons. The summed E-state index contributed by atoms with van der Waals surface area (Å²) < 4.78 is 6.69. The molecule has 0 amide bonds. The number of nitrogens with two attached hydrogens (primary N) is 1. The molecule has 0 spiro atoms. The van der Waals surface area contributed by atoms with E-state index in [0.29, 0.717) is 34.7 Å². The standard InChI is InChI=1S/C21H19N5O4/c1-3-21(29)13-5-16-17-11(7-26(16)19(27)12(13)8-30-20(21)28)9(2)10-4-14(18(22)23)24-6-15(10)25-17/h4-6,29H,3,7-8H2,1-2H3,(H3,22,23)/t21-/m0/s1. The molecule has 3 aromatic heterocycles. The normalized spacial score (nSPS) is 19.2. The van der Waals surface area contributed by atoms with Gasteiger partial charge in [-0.2, -0.15) is 0 Å². The highest BCUT2D eigenvalue weighted by Crippen LogP contribution is 2.39. The molecule has 0 aromatic carbocycles. The first-order chi connectivity index (χ1) is 14.3. The number of nitrogens with one attached hydrogen (secondary N) is 1. The number of cyclic esters (lactones) is 1. The van der Waals surface area contributed by atoms with E-state index in [2.05, 4.69) is 4.98 Å². The number of esters is 1. The van der Waals surface area contributed by atoms with Gasteiger partial charge in [0, 0.05) is 16.5 Å². The van der Waals surface area contributed by atoms with Crippen LogP contribution in [-0.4, -0.2) is 31.4 Å². The number of ether oxygens (including phenoxy) is 1. The zero-order chi connectivity index (χ0) is 21.4. The average molecular weight is 405 g/mol. The number of amidine groups is 1. The third-order valence-electron chi connectivity index (χ3n) is 6.14. The van der Waals surface area contributed by atoms with Crippen molar-refractivity contribution in [1.29, 1.82) is 5.41 Å². The Morgan fingerprint density at radius 2 is 2.13 bits per heavy atom. The molecule has 2 aliphatic heterocycles. The molecular weight excluding hydrogens is 386 g/mol. The molecule has 0 saturated carbocycles. The lowest BCUT2D eigenvalue weighted by molar-refractivity contribution is -0.172. The van der Waals surface area contributed by atoms with Gasteiger partial charge >= 0.3 is 5.97 Å². The van der Waals surface area contributed by atoms with Crippen molar-refractivity contribution in [3.8, 4) is 11.4 Å². The van der Waals surface area contributed by atoms with E-state index >= 15 is 0 Å². The summed E-state index contributed by atoms with van der Waals surface area (Å²) in [5, 5.41) is 19.4. The van der Waals surface area contributed by atoms with E-state index in [1.54, 1.807) is 29.8 Å². The van der Waals surface area contributed by atoms with Gasteiger partial charge in [0.25, 0.3) is 5.56 Å². The maximum absolute atomic E-state index is 13.2. The van der Waals surface area contributed by atoms with E-state index in [-0.39, 0.29) is 30.0 Å². The van der Waals surface area contributed by atoms with Gasteiger partial charge in [-0.05, 0) is 31.0 Å². The zero-order valence-electron chi connectivity index (χ0n) is 16.4. The number of aromatic nitrogens is 3. The minimum absolute atomic E-state index is 0.0938. The van der Waals surface area contributed by atoms with Gasteiger partial charge in [0.1, 0.15) is 18.1 Å². The summed E-state index contributed by atoms with van der Waals surface area (Å²) in [6.45, 7) is 3.76. The monoisotopic (exact) mass is 405 g/mol. The van der Waals surface area contributed by atoms with Gasteiger partial charge < -0.3 is 20.1 Å². The van der Waals surface area contributed by atoms with Crippen molar-refractivity contribution in [2.24, 2.45) is 5.73 Å². The van der Waals surface area contributed by atoms with E-state index in [1.807, 2.05) is 6.92 Å². The van der Waals surface area contributed by atoms with E-state index in [0.717, 1.165) is 16.5 Å². The molecular formula is C21H19N5O4. The van der Waals surface area contributed by atoms with Gasteiger partial charge in [-0.25, -0.2) is 9.78 Å². The summed E-state index contributed by atoms with van der Waals surface area (Å²) in [4.78, 5) is 34.3. The van der Waals surface area contributed by atoms with Crippen LogP contribution in [0.25, 0.3) is 22.3 Å². The number of aryl methyl sites for hydroxylation is 1. The van der Waals surface area contributed by atoms with Crippen molar-refractivity contribution in [1.82, 2.24) is 14.5 Å². The van der Waals surface area contributed by atoms with E-state index in [1.165, 1.54) is 0 Å². The Kier molecular flexibility index (Phi) is 3.66. The first-order valence-electron chi connectivity index (χ1n) is 9.57. The van der Waals surface area contributed by atoms with Crippen LogP contribution < -0.4 is 11.3 Å². The molecule has 0 unspecified atom stereocenters. The fourth-order valence-electron chi connectivity index (χ4n) is 4.33. The molecule has 5 heterocycles. The summed E-state index contributed by atoms with van der Waals surface area (Å²) in [6.07, 6.45) is 1.65. The Hall–Kier alpha value is -3.59. The van der Waals surface area contributed by atoms with E-state index in [9.17, 15) is 14.7 Å². The first kappa shape index (κ1) is 18.4. The van der Waals surface area contributed by atoms with Gasteiger partial charge in [-0.1, -0.05) is 6.92 Å². The van der Waals surface area contributed by atoms with Crippen LogP contribution in [0.4, 0.5) is 0 Å². The number of pyridine rings is 3. The van der Waals surface area contributed by atoms with Gasteiger partial charge in [0.15, 0.2) is 5.60 Å². The molecule has 0 saturated heterocycles. The number of carbonyl (C=O) groups is 1. The highest BCUT2D eigenvalue weighted by Gasteiger charge is 2.45. The van der Waals surface area contributed by atoms with Crippen LogP contribution in [0.1, 0.15) is 41.3 Å². The summed E-state index contributed by atoms with van der Waals surface area (Å²) in [5.74, 6) is -0.879. The molecule has 0 aliphatic carbocycles. The Balaban J connectivity index is 1.79. The van der Waals surface area contributed by atoms with Crippen molar-refractivity contribution in [3.63, 3.8) is 0 Å². The highest BCUT2D eigenvalue weighted by molar-refractivity contribution is 5.98. The molecule has 1 atom stereocenters. The van der Waals surface area contributed by atoms with Crippen LogP contribution in [-0.2, 0) is 28.3 Å². The second kappa shape index (κ2) is 5.96. The SMILES string of the molecule is CC[C@@]1(O)C(=O)OCc2c1cc1n(c2=O)Cc2c-1nc1cnc(C(=N)N)cc1c2C. The molecule has 30 heavy (non-hydrogen) atoms. The summed E-state index contributed by atoms with van der Waals surface area (Å²) in [6, 6.07) is 3.40. The summed E-state index contributed by atoms with van der Waals surface area (Å²) >= 11 is 0. The predicted octanol–water partition coefficient (Wildman–Crippen LogP) is 1.07. The third-order valence-corrected chi connectivity index (χ3v) is 6.14. The predicted molar refractivity (Wildman–Crippen MR) is 108 cm³/mol. The number of hydrogen-bond acceptors (Lipinski definition) is 7. The second-order valence-corrected chi connectivity index (χ2v) is 7.67. The molecule has 4 N–H and O–H groups in total. The maximum atomic E-state index is 13.2. The Morgan fingerprint density at radius 1 is 1.37 bits per heavy atom. The lowest BCUT2D eigenvalue weighted by atomic mass is 9.86. The van der Waals surface area contributed by atoms with Crippen LogP contribution >= 0.6 is 0 Å². The number of carbonyl (C=O) groups excluding carboxylic acids is 1. The molecule has 2 aliphatic rings. The summed E-state index contributed by atoms with van der Waals surface area (Å²) in [7, 11) is 0. The zero-order valence-corrected chi connectivity index (χ0v) is 16.4. The summed E-state index contributed by atoms with van der Waals surface area (Å²) in [5.41, 5.74) is 7.92. The van der Waals surface area contributed by atoms with Crippen LogP contribution in [0.15, 0.2) is 23.1 Å². The molecule has 3 aromatic rings. The highest BCUT2D eigenvalue weighted by atomic mass is 16.6. The molecule has 0 fully saturated rings. The number of aliphatic hydroxyl groups is 1. The quantitative estimate of drug-likeness (QED) is 0.257. The topological polar surface area (TPSA) is 144 Å². The van der Waals surface area contributed by atoms with Crippen molar-refractivity contribution in [3.05, 3.63) is 56.6 Å². The van der Waals surface area contributed by atoms with Crippen LogP contribution in [0.2, 0.25) is 0 Å². The average Bonchev–Trinajstić information content (AvgIpc) is 3.10. The third kappa shape index (κ3) is 2.23. The van der Waals surface area contributed by atoms with Gasteiger partial charge in [-0.3, -0.25) is 15.2 Å². The van der Waals surface area contributed by atoms with Gasteiger partial charge in [-0.15, -0.1) is 0 Å². The molecule has 152 valence electrons. The molecule has 9 heteroatoms. The van der Waals surface area contributed by atoms with Gasteiger partial charge in [0.05, 0.1) is 35.2 Å². The van der Waals surface area contributed by atoms with Crippen molar-refractivity contribution in [2.45, 2.75) is 39.0 Å². The first-order valence-corrected chi connectivity index (χ1v) is 9.57. The number of hydrogen-bond donors (Lipinski definition) is 3. The maximum Gasteiger partial charge on any atom is 0.343 e. The van der Waals surface area contributed by atoms with E-state index in [4.69, 9.17) is 20.9 Å².